The van der Waals surface area contributed by atoms with Crippen molar-refractivity contribution in [2.24, 2.45) is 17.4 Å². The van der Waals surface area contributed by atoms with Crippen LogP contribution in [0.15, 0.2) is 0 Å². The number of esters is 1. The molecular formula is C21H44N2O3. The monoisotopic (exact) mass is 372 g/mol. The van der Waals surface area contributed by atoms with E-state index in [1.54, 1.807) is 0 Å². The molecule has 0 aliphatic heterocycles. The molecule has 0 aliphatic carbocycles. The molecule has 0 aliphatic rings. The third kappa shape index (κ3) is 18.2. The minimum atomic E-state index is -1.33. The molecular weight excluding hydrogens is 328 g/mol. The Morgan fingerprint density at radius 1 is 0.846 bits per heavy atom. The Morgan fingerprint density at radius 2 is 1.27 bits per heavy atom. The molecule has 26 heavy (non-hydrogen) atoms. The number of unbranched alkanes of at least 4 members (excludes halogenated alkanes) is 11. The molecule has 0 unspecified atom stereocenters. The van der Waals surface area contributed by atoms with Crippen molar-refractivity contribution in [2.45, 2.75) is 109 Å². The minimum absolute atomic E-state index is 0.139. The molecule has 5 nitrogen and oxygen atoms in total. The molecule has 156 valence electrons. The van der Waals surface area contributed by atoms with E-state index in [0.29, 0.717) is 6.42 Å². The molecule has 0 atom stereocenters. The Bertz CT molecular complexity index is 333. The number of ether oxygens (including phenoxy) is 1. The van der Waals surface area contributed by atoms with Gasteiger partial charge in [0.25, 0.3) is 0 Å². The quantitative estimate of drug-likeness (QED) is 0.190. The van der Waals surface area contributed by atoms with Crippen molar-refractivity contribution in [1.29, 1.82) is 0 Å². The zero-order valence-corrected chi connectivity index (χ0v) is 17.3. The second-order valence-electron chi connectivity index (χ2n) is 8.23. The van der Waals surface area contributed by atoms with Crippen molar-refractivity contribution < 1.29 is 14.6 Å². The van der Waals surface area contributed by atoms with Crippen LogP contribution in [0.3, 0.4) is 0 Å². The zero-order valence-electron chi connectivity index (χ0n) is 17.3. The van der Waals surface area contributed by atoms with Crippen LogP contribution in [0.2, 0.25) is 0 Å². The molecule has 0 aromatic rings. The first-order valence-corrected chi connectivity index (χ1v) is 10.7. The molecule has 0 rings (SSSR count). The number of aliphatic hydroxyl groups is 1. The van der Waals surface area contributed by atoms with Crippen LogP contribution in [0.4, 0.5) is 0 Å². The van der Waals surface area contributed by atoms with E-state index < -0.39 is 12.3 Å². The Kier molecular flexibility index (Phi) is 16.1. The van der Waals surface area contributed by atoms with Crippen LogP contribution in [-0.2, 0) is 9.53 Å². The maximum absolute atomic E-state index is 11.5. The summed E-state index contributed by atoms with van der Waals surface area (Å²) in [6, 6.07) is 0. The van der Waals surface area contributed by atoms with Gasteiger partial charge in [0.05, 0.1) is 6.61 Å². The van der Waals surface area contributed by atoms with Gasteiger partial charge in [0.2, 0.25) is 0 Å². The van der Waals surface area contributed by atoms with Crippen molar-refractivity contribution in [3.63, 3.8) is 0 Å². The van der Waals surface area contributed by atoms with E-state index in [0.717, 1.165) is 18.8 Å². The molecule has 0 fully saturated rings. The summed E-state index contributed by atoms with van der Waals surface area (Å²) in [6.45, 7) is 4.06. The van der Waals surface area contributed by atoms with E-state index in [2.05, 4.69) is 13.8 Å². The van der Waals surface area contributed by atoms with Gasteiger partial charge in [-0.1, -0.05) is 90.9 Å². The summed E-state index contributed by atoms with van der Waals surface area (Å²) in [5.74, 6) is 0.565. The lowest BCUT2D eigenvalue weighted by Crippen LogP contribution is -2.56. The van der Waals surface area contributed by atoms with Gasteiger partial charge in [0, 0.05) is 6.42 Å². The number of nitrogens with two attached hydrogens (primary N) is 2. The molecule has 0 saturated heterocycles. The van der Waals surface area contributed by atoms with Gasteiger partial charge in [0.15, 0.2) is 0 Å². The van der Waals surface area contributed by atoms with Crippen LogP contribution >= 0.6 is 0 Å². The highest BCUT2D eigenvalue weighted by molar-refractivity contribution is 5.69. The molecule has 0 radical (unpaired) electrons. The van der Waals surface area contributed by atoms with Crippen LogP contribution in [-0.4, -0.2) is 30.0 Å². The van der Waals surface area contributed by atoms with Crippen LogP contribution in [0.1, 0.15) is 104 Å². The van der Waals surface area contributed by atoms with Gasteiger partial charge in [0.1, 0.15) is 12.3 Å². The van der Waals surface area contributed by atoms with E-state index in [-0.39, 0.29) is 12.6 Å². The second kappa shape index (κ2) is 16.5. The average molecular weight is 373 g/mol. The topological polar surface area (TPSA) is 98.6 Å². The molecule has 5 heteroatoms. The SMILES string of the molecule is CC(C)CCCCCCCCCCCCCCC(=O)OCC(N)(N)CO. The third-order valence-corrected chi connectivity index (χ3v) is 4.71. The zero-order chi connectivity index (χ0) is 19.7. The van der Waals surface area contributed by atoms with Gasteiger partial charge < -0.3 is 21.3 Å². The number of carbonyl (C=O) groups excluding carboxylic acids is 1. The third-order valence-electron chi connectivity index (χ3n) is 4.71. The average Bonchev–Trinajstić information content (AvgIpc) is 2.60. The number of hydrogen-bond acceptors (Lipinski definition) is 5. The van der Waals surface area contributed by atoms with Crippen LogP contribution in [0.25, 0.3) is 0 Å². The minimum Gasteiger partial charge on any atom is -0.462 e. The number of hydrogen-bond donors (Lipinski definition) is 3. The predicted octanol–water partition coefficient (Wildman–Crippen LogP) is 4.25. The molecule has 0 aromatic heterocycles. The summed E-state index contributed by atoms with van der Waals surface area (Å²) in [6.07, 6.45) is 17.1. The lowest BCUT2D eigenvalue weighted by molar-refractivity contribution is -0.146. The highest BCUT2D eigenvalue weighted by Crippen LogP contribution is 2.14. The molecule has 0 heterocycles. The highest BCUT2D eigenvalue weighted by Gasteiger charge is 2.19. The summed E-state index contributed by atoms with van der Waals surface area (Å²) in [5.41, 5.74) is 9.67. The molecule has 0 saturated carbocycles. The number of rotatable bonds is 18. The van der Waals surface area contributed by atoms with E-state index >= 15 is 0 Å². The molecule has 0 amide bonds. The molecule has 0 aromatic carbocycles. The predicted molar refractivity (Wildman–Crippen MR) is 109 cm³/mol. The fraction of sp³-hybridized carbons (Fsp3) is 0.952. The normalized spacial score (nSPS) is 11.9. The fourth-order valence-corrected chi connectivity index (χ4v) is 2.92. The summed E-state index contributed by atoms with van der Waals surface area (Å²) >= 11 is 0. The van der Waals surface area contributed by atoms with Gasteiger partial charge >= 0.3 is 5.97 Å². The molecule has 0 bridgehead atoms. The van der Waals surface area contributed by atoms with Crippen molar-refractivity contribution in [3.05, 3.63) is 0 Å². The maximum atomic E-state index is 11.5. The van der Waals surface area contributed by atoms with Gasteiger partial charge in [-0.2, -0.15) is 0 Å². The van der Waals surface area contributed by atoms with Crippen molar-refractivity contribution in [2.75, 3.05) is 13.2 Å². The Labute approximate surface area is 161 Å². The Hall–Kier alpha value is -0.650. The van der Waals surface area contributed by atoms with Gasteiger partial charge in [-0.25, -0.2) is 0 Å². The van der Waals surface area contributed by atoms with Crippen LogP contribution in [0, 0.1) is 5.92 Å². The smallest absolute Gasteiger partial charge is 0.305 e. The Morgan fingerprint density at radius 3 is 1.69 bits per heavy atom. The summed E-state index contributed by atoms with van der Waals surface area (Å²) in [7, 11) is 0. The van der Waals surface area contributed by atoms with Crippen molar-refractivity contribution >= 4 is 5.97 Å². The Balaban J connectivity index is 3.23. The summed E-state index contributed by atoms with van der Waals surface area (Å²) in [4.78, 5) is 11.5. The van der Waals surface area contributed by atoms with E-state index in [4.69, 9.17) is 21.3 Å². The van der Waals surface area contributed by atoms with Gasteiger partial charge in [-0.15, -0.1) is 0 Å². The summed E-state index contributed by atoms with van der Waals surface area (Å²) < 4.78 is 4.97. The van der Waals surface area contributed by atoms with Crippen LogP contribution in [0.5, 0.6) is 0 Å². The van der Waals surface area contributed by atoms with Crippen LogP contribution < -0.4 is 11.5 Å². The maximum Gasteiger partial charge on any atom is 0.305 e. The first-order chi connectivity index (χ1) is 12.4. The van der Waals surface area contributed by atoms with Gasteiger partial charge in [-0.3, -0.25) is 4.79 Å². The second-order valence-corrected chi connectivity index (χ2v) is 8.23. The summed E-state index contributed by atoms with van der Waals surface area (Å²) in [5, 5.41) is 8.88. The van der Waals surface area contributed by atoms with E-state index in [1.807, 2.05) is 0 Å². The first-order valence-electron chi connectivity index (χ1n) is 10.7. The molecule has 0 spiro atoms. The van der Waals surface area contributed by atoms with Crippen molar-refractivity contribution in [1.82, 2.24) is 0 Å². The van der Waals surface area contributed by atoms with Crippen molar-refractivity contribution in [3.8, 4) is 0 Å². The van der Waals surface area contributed by atoms with E-state index in [1.165, 1.54) is 70.6 Å². The standard InChI is InChI=1S/C21H44N2O3/c1-19(2)15-13-11-9-7-5-3-4-6-8-10-12-14-16-20(25)26-18-21(22,23)17-24/h19,24H,3-18,22-23H2,1-2H3. The number of aliphatic hydroxyl groups excluding tert-OH is 1. The lowest BCUT2D eigenvalue weighted by Gasteiger charge is -2.20. The largest absolute Gasteiger partial charge is 0.462 e. The first kappa shape index (κ1) is 25.4. The van der Waals surface area contributed by atoms with Gasteiger partial charge in [-0.05, 0) is 12.3 Å². The van der Waals surface area contributed by atoms with E-state index in [9.17, 15) is 4.79 Å². The highest BCUT2D eigenvalue weighted by atomic mass is 16.5. The fourth-order valence-electron chi connectivity index (χ4n) is 2.92. The molecule has 5 N–H and O–H groups in total. The lowest BCUT2D eigenvalue weighted by atomic mass is 10.0. The number of carbonyl (C=O) groups is 1.